The second-order valence-corrected chi connectivity index (χ2v) is 15.5. The van der Waals surface area contributed by atoms with Crippen LogP contribution < -0.4 is 0 Å². The zero-order chi connectivity index (χ0) is 33.5. The second kappa shape index (κ2) is 11.8. The number of hydrogen-bond donors (Lipinski definition) is 1. The van der Waals surface area contributed by atoms with Crippen LogP contribution in [0.4, 0.5) is 0 Å². The maximum Gasteiger partial charge on any atom is 0.200 e. The molecule has 4 aromatic carbocycles. The van der Waals surface area contributed by atoms with Gasteiger partial charge in [0.2, 0.25) is 5.88 Å². The van der Waals surface area contributed by atoms with E-state index in [1.165, 1.54) is 16.5 Å². The number of para-hydroxylation sites is 1. The molecular weight excluding hydrogens is 782 g/mol. The molecule has 0 saturated heterocycles. The van der Waals surface area contributed by atoms with Gasteiger partial charge >= 0.3 is 0 Å². The van der Waals surface area contributed by atoms with Crippen LogP contribution in [0.5, 0.6) is 5.88 Å². The Morgan fingerprint density at radius 2 is 1.45 bits per heavy atom. The molecule has 0 unspecified atom stereocenters. The first kappa shape index (κ1) is 33.0. The van der Waals surface area contributed by atoms with Crippen molar-refractivity contribution in [1.29, 1.82) is 0 Å². The van der Waals surface area contributed by atoms with Gasteiger partial charge in [-0.3, -0.25) is 14.4 Å². The van der Waals surface area contributed by atoms with Gasteiger partial charge < -0.3 is 5.11 Å². The minimum atomic E-state index is -0.116. The van der Waals surface area contributed by atoms with Crippen molar-refractivity contribution >= 4 is 38.1 Å². The van der Waals surface area contributed by atoms with Crippen molar-refractivity contribution in [2.45, 2.75) is 60.3 Å². The van der Waals surface area contributed by atoms with E-state index in [0.29, 0.717) is 0 Å². The number of aryl methyl sites for hydroxylation is 1. The molecule has 4 heterocycles. The van der Waals surface area contributed by atoms with Crippen LogP contribution in [-0.2, 0) is 32.9 Å². The first-order chi connectivity index (χ1) is 22.9. The first-order valence-electron chi connectivity index (χ1n) is 16.8. The number of rotatable bonds is 4. The van der Waals surface area contributed by atoms with E-state index in [0.717, 1.165) is 78.3 Å². The van der Waals surface area contributed by atoms with Crippen molar-refractivity contribution in [2.24, 2.45) is 5.41 Å². The number of fused-ring (bicyclic) bond motifs is 2. The Morgan fingerprint density at radius 3 is 2.16 bits per heavy atom. The molecule has 0 fully saturated rings. The van der Waals surface area contributed by atoms with E-state index in [9.17, 15) is 5.11 Å². The Hall–Kier alpha value is -4.53. The molecular formula is C44H40N3OPt-. The largest absolute Gasteiger partial charge is 0.494 e. The van der Waals surface area contributed by atoms with Crippen LogP contribution in [0.25, 0.3) is 71.7 Å². The molecule has 248 valence electrons. The van der Waals surface area contributed by atoms with E-state index in [-0.39, 0.29) is 37.8 Å². The van der Waals surface area contributed by atoms with Crippen LogP contribution in [0.3, 0.4) is 0 Å². The molecule has 0 aliphatic carbocycles. The molecule has 1 N–H and O–H groups in total. The van der Waals surface area contributed by atoms with E-state index in [4.69, 9.17) is 9.97 Å². The van der Waals surface area contributed by atoms with Crippen LogP contribution in [0.15, 0.2) is 97.2 Å². The minimum Gasteiger partial charge on any atom is -0.494 e. The number of nitrogens with zero attached hydrogens (tertiary/aromatic N) is 3. The van der Waals surface area contributed by atoms with E-state index in [1.807, 2.05) is 23.6 Å². The van der Waals surface area contributed by atoms with E-state index < -0.39 is 0 Å². The molecule has 0 spiro atoms. The van der Waals surface area contributed by atoms with Crippen LogP contribution >= 0.6 is 0 Å². The summed E-state index contributed by atoms with van der Waals surface area (Å²) in [7, 11) is 0. The topological polar surface area (TPSA) is 50.4 Å². The molecule has 0 aliphatic rings. The van der Waals surface area contributed by atoms with Gasteiger partial charge in [0.15, 0.2) is 0 Å². The summed E-state index contributed by atoms with van der Waals surface area (Å²) in [6, 6.07) is 36.0. The van der Waals surface area contributed by atoms with Crippen molar-refractivity contribution in [2.75, 3.05) is 0 Å². The van der Waals surface area contributed by atoms with Crippen LogP contribution in [0.1, 0.15) is 58.2 Å². The maximum atomic E-state index is 11.6. The third-order valence-corrected chi connectivity index (χ3v) is 9.57. The van der Waals surface area contributed by atoms with Gasteiger partial charge in [-0.1, -0.05) is 125 Å². The van der Waals surface area contributed by atoms with Crippen LogP contribution in [0.2, 0.25) is 0 Å². The molecule has 0 saturated carbocycles. The average molecular weight is 822 g/mol. The van der Waals surface area contributed by atoms with Gasteiger partial charge in [0.05, 0.1) is 5.52 Å². The average Bonchev–Trinajstić information content (AvgIpc) is 3.32. The Bertz CT molecular complexity index is 2520. The molecule has 5 heteroatoms. The van der Waals surface area contributed by atoms with E-state index in [1.54, 1.807) is 0 Å². The number of aromatic nitrogens is 3. The van der Waals surface area contributed by atoms with Gasteiger partial charge in [0, 0.05) is 60.4 Å². The van der Waals surface area contributed by atoms with Gasteiger partial charge in [-0.25, -0.2) is 0 Å². The van der Waals surface area contributed by atoms with Gasteiger partial charge in [-0.15, -0.1) is 23.8 Å². The molecule has 8 rings (SSSR count). The monoisotopic (exact) mass is 821 g/mol. The molecule has 49 heavy (non-hydrogen) atoms. The first-order valence-corrected chi connectivity index (χ1v) is 16.8. The normalized spacial score (nSPS) is 12.4. The fraction of sp³-hybridized carbons (Fsp3) is 0.227. The fourth-order valence-corrected chi connectivity index (χ4v) is 7.24. The molecule has 4 nitrogen and oxygen atoms in total. The summed E-state index contributed by atoms with van der Waals surface area (Å²) < 4.78 is 1.96. The van der Waals surface area contributed by atoms with Crippen LogP contribution in [0, 0.1) is 18.4 Å². The standard InChI is InChI=1S/C44H40N3O.Pt/c1-26-34-14-11-15-35-36-19-27(25-43(2,3)4)18-32-24-38(46-41(39(32)36)47(40(34)35)42(26)48)31-20-30(21-33(22-31)44(5,6)7)37-23-29(16-17-45-37)28-12-9-8-10-13-28;/h8-19,21-24,48H,25H2,1-7H3;/q-1;. The summed E-state index contributed by atoms with van der Waals surface area (Å²) >= 11 is 0. The van der Waals surface area contributed by atoms with E-state index in [2.05, 4.69) is 133 Å². The molecule has 0 amide bonds. The number of aromatic hydroxyl groups is 1. The Kier molecular flexibility index (Phi) is 7.95. The predicted molar refractivity (Wildman–Crippen MR) is 200 cm³/mol. The summed E-state index contributed by atoms with van der Waals surface area (Å²) in [5, 5.41) is 17.1. The number of benzene rings is 4. The zero-order valence-corrected chi connectivity index (χ0v) is 31.3. The number of hydrogen-bond acceptors (Lipinski definition) is 3. The summed E-state index contributed by atoms with van der Waals surface area (Å²) in [5.74, 6) is 0.239. The smallest absolute Gasteiger partial charge is 0.200 e. The Balaban J connectivity index is 0.00000378. The van der Waals surface area contributed by atoms with Crippen molar-refractivity contribution in [1.82, 2.24) is 14.4 Å². The van der Waals surface area contributed by atoms with Crippen molar-refractivity contribution in [3.8, 4) is 39.5 Å². The quantitative estimate of drug-likeness (QED) is 0.109. The third kappa shape index (κ3) is 5.70. The number of pyridine rings is 3. The SMILES string of the molecule is Cc1c(O)n2c3nc(-c4[c-]c(-c5cc(-c6ccccc6)ccn5)cc(C(C)(C)C)c4)cc4cc(CC(C)(C)C)cc(c5cccc1c52)c43.[Pt]. The van der Waals surface area contributed by atoms with Crippen LogP contribution in [-0.4, -0.2) is 19.5 Å². The summed E-state index contributed by atoms with van der Waals surface area (Å²) in [5.41, 5.74) is 10.9. The van der Waals surface area contributed by atoms with Crippen molar-refractivity contribution < 1.29 is 26.2 Å². The molecule has 0 radical (unpaired) electrons. The summed E-state index contributed by atoms with van der Waals surface area (Å²) in [6.07, 6.45) is 2.83. The summed E-state index contributed by atoms with van der Waals surface area (Å²) in [6.45, 7) is 15.6. The summed E-state index contributed by atoms with van der Waals surface area (Å²) in [4.78, 5) is 10.2. The van der Waals surface area contributed by atoms with Gasteiger partial charge in [0.25, 0.3) is 0 Å². The Labute approximate surface area is 302 Å². The van der Waals surface area contributed by atoms with E-state index >= 15 is 0 Å². The second-order valence-electron chi connectivity index (χ2n) is 15.5. The van der Waals surface area contributed by atoms with Gasteiger partial charge in [-0.05, 0) is 57.7 Å². The molecule has 4 aromatic heterocycles. The predicted octanol–water partition coefficient (Wildman–Crippen LogP) is 11.3. The minimum absolute atomic E-state index is 0. The fourth-order valence-electron chi connectivity index (χ4n) is 7.24. The molecule has 0 aliphatic heterocycles. The Morgan fingerprint density at radius 1 is 0.735 bits per heavy atom. The maximum absolute atomic E-state index is 11.6. The zero-order valence-electron chi connectivity index (χ0n) is 29.0. The van der Waals surface area contributed by atoms with Crippen molar-refractivity contribution in [3.05, 3.63) is 120 Å². The van der Waals surface area contributed by atoms with Gasteiger partial charge in [0.1, 0.15) is 5.65 Å². The molecule has 0 bridgehead atoms. The third-order valence-electron chi connectivity index (χ3n) is 9.57. The molecule has 8 aromatic rings. The molecule has 0 atom stereocenters. The van der Waals surface area contributed by atoms with Gasteiger partial charge in [-0.2, -0.15) is 0 Å². The van der Waals surface area contributed by atoms with Crippen molar-refractivity contribution in [3.63, 3.8) is 0 Å².